The lowest BCUT2D eigenvalue weighted by atomic mass is 9.96. The first-order chi connectivity index (χ1) is 12.3. The van der Waals surface area contributed by atoms with E-state index < -0.39 is 22.7 Å². The average Bonchev–Trinajstić information content (AvgIpc) is 2.61. The minimum Gasteiger partial charge on any atom is -0.481 e. The zero-order valence-electron chi connectivity index (χ0n) is 14.6. The smallest absolute Gasteiger partial charge is 0.316 e. The molecule has 0 aliphatic heterocycles. The van der Waals surface area contributed by atoms with E-state index in [4.69, 9.17) is 0 Å². The Morgan fingerprint density at radius 3 is 2.38 bits per heavy atom. The largest absolute Gasteiger partial charge is 0.481 e. The number of hydrogen-bond donors (Lipinski definition) is 1. The molecule has 0 radical (unpaired) electrons. The number of nitrogens with zero attached hydrogens (tertiary/aromatic N) is 2. The van der Waals surface area contributed by atoms with Gasteiger partial charge >= 0.3 is 5.97 Å². The van der Waals surface area contributed by atoms with Crippen LogP contribution in [0.3, 0.4) is 0 Å². The third-order valence-corrected chi connectivity index (χ3v) is 4.16. The quantitative estimate of drug-likeness (QED) is 0.466. The van der Waals surface area contributed by atoms with E-state index in [0.29, 0.717) is 23.4 Å². The molecule has 0 saturated heterocycles. The number of hydrogen-bond acceptors (Lipinski definition) is 4. The second kappa shape index (κ2) is 8.24. The van der Waals surface area contributed by atoms with Crippen LogP contribution in [0.25, 0.3) is 0 Å². The van der Waals surface area contributed by atoms with Gasteiger partial charge < -0.3 is 10.0 Å². The zero-order chi connectivity index (χ0) is 19.3. The van der Waals surface area contributed by atoms with Gasteiger partial charge in [-0.3, -0.25) is 19.7 Å². The number of carboxylic acids is 1. The van der Waals surface area contributed by atoms with Crippen LogP contribution in [0.4, 0.5) is 11.4 Å². The van der Waals surface area contributed by atoms with Crippen molar-refractivity contribution >= 4 is 23.3 Å². The number of anilines is 1. The Bertz CT molecular complexity index is 820. The third-order valence-electron chi connectivity index (χ3n) is 4.16. The molecule has 2 rings (SSSR count). The van der Waals surface area contributed by atoms with Crippen molar-refractivity contribution in [3.05, 3.63) is 69.8 Å². The van der Waals surface area contributed by atoms with Crippen molar-refractivity contribution < 1.29 is 19.6 Å². The molecule has 0 aliphatic rings. The highest BCUT2D eigenvalue weighted by molar-refractivity contribution is 6.05. The summed E-state index contributed by atoms with van der Waals surface area (Å²) in [6, 6.07) is 13.3. The van der Waals surface area contributed by atoms with Crippen LogP contribution < -0.4 is 4.90 Å². The van der Waals surface area contributed by atoms with E-state index in [0.717, 1.165) is 0 Å². The number of benzene rings is 2. The molecule has 26 heavy (non-hydrogen) atoms. The summed E-state index contributed by atoms with van der Waals surface area (Å²) in [6.07, 6.45) is -0.112. The third kappa shape index (κ3) is 4.24. The van der Waals surface area contributed by atoms with Gasteiger partial charge in [-0.25, -0.2) is 0 Å². The molecule has 136 valence electrons. The maximum Gasteiger partial charge on any atom is 0.316 e. The molecule has 7 nitrogen and oxygen atoms in total. The van der Waals surface area contributed by atoms with Gasteiger partial charge in [0.15, 0.2) is 0 Å². The summed E-state index contributed by atoms with van der Waals surface area (Å²) in [4.78, 5) is 36.5. The summed E-state index contributed by atoms with van der Waals surface area (Å²) in [5.74, 6) is -3.13. The van der Waals surface area contributed by atoms with Gasteiger partial charge in [-0.15, -0.1) is 0 Å². The van der Waals surface area contributed by atoms with E-state index in [1.807, 2.05) is 6.07 Å². The van der Waals surface area contributed by atoms with Gasteiger partial charge in [0.2, 0.25) is 5.91 Å². The Morgan fingerprint density at radius 1 is 1.19 bits per heavy atom. The number of aryl methyl sites for hydroxylation is 1. The Balaban J connectivity index is 2.31. The van der Waals surface area contributed by atoms with Crippen LogP contribution in [-0.2, 0) is 16.0 Å². The van der Waals surface area contributed by atoms with Crippen LogP contribution in [0.2, 0.25) is 0 Å². The fraction of sp³-hybridized carbons (Fsp3) is 0.263. The summed E-state index contributed by atoms with van der Waals surface area (Å²) in [5.41, 5.74) is 1.44. The number of carbonyl (C=O) groups excluding carboxylic acids is 1. The van der Waals surface area contributed by atoms with Crippen molar-refractivity contribution in [1.29, 1.82) is 0 Å². The predicted molar refractivity (Wildman–Crippen MR) is 97.1 cm³/mol. The highest BCUT2D eigenvalue weighted by Crippen LogP contribution is 2.23. The number of carbonyl (C=O) groups is 2. The normalized spacial score (nSPS) is 11.6. The van der Waals surface area contributed by atoms with Crippen LogP contribution in [0.5, 0.6) is 0 Å². The van der Waals surface area contributed by atoms with Gasteiger partial charge in [0.05, 0.1) is 4.92 Å². The first-order valence-corrected chi connectivity index (χ1v) is 8.18. The summed E-state index contributed by atoms with van der Waals surface area (Å²) in [5, 5.41) is 20.6. The lowest BCUT2D eigenvalue weighted by molar-refractivity contribution is -0.385. The molecular formula is C19H20N2O5. The molecule has 2 aromatic rings. The van der Waals surface area contributed by atoms with Gasteiger partial charge in [0.1, 0.15) is 5.92 Å². The minimum atomic E-state index is -1.32. The van der Waals surface area contributed by atoms with Crippen molar-refractivity contribution in [2.24, 2.45) is 5.92 Å². The summed E-state index contributed by atoms with van der Waals surface area (Å²) in [7, 11) is 0. The van der Waals surface area contributed by atoms with Gasteiger partial charge in [0.25, 0.3) is 5.69 Å². The molecular weight excluding hydrogens is 336 g/mol. The summed E-state index contributed by atoms with van der Waals surface area (Å²) in [6.45, 7) is 3.69. The Hall–Kier alpha value is -3.22. The Morgan fingerprint density at radius 2 is 1.85 bits per heavy atom. The second-order valence-corrected chi connectivity index (χ2v) is 5.89. The van der Waals surface area contributed by atoms with Crippen molar-refractivity contribution in [2.45, 2.75) is 20.3 Å². The van der Waals surface area contributed by atoms with Crippen molar-refractivity contribution in [3.8, 4) is 0 Å². The zero-order valence-corrected chi connectivity index (χ0v) is 14.6. The number of amides is 1. The molecule has 1 atom stereocenters. The van der Waals surface area contributed by atoms with E-state index in [9.17, 15) is 24.8 Å². The number of para-hydroxylation sites is 1. The van der Waals surface area contributed by atoms with Crippen LogP contribution in [0.15, 0.2) is 48.5 Å². The molecule has 0 heterocycles. The van der Waals surface area contributed by atoms with E-state index in [1.165, 1.54) is 11.0 Å². The monoisotopic (exact) mass is 356 g/mol. The minimum absolute atomic E-state index is 0.0884. The number of rotatable bonds is 7. The highest BCUT2D eigenvalue weighted by Gasteiger charge is 2.31. The standard InChI is InChI=1S/C19H20N2O5/c1-3-20(15-7-5-4-6-8-15)18(22)16(19(23)24)11-14-10-9-13(2)17(12-14)21(25)26/h4-10,12,16H,3,11H2,1-2H3,(H,23,24). The molecule has 7 heteroatoms. The summed E-state index contributed by atoms with van der Waals surface area (Å²) < 4.78 is 0. The first kappa shape index (κ1) is 19.1. The maximum atomic E-state index is 12.8. The Kier molecular flexibility index (Phi) is 6.06. The fourth-order valence-corrected chi connectivity index (χ4v) is 2.76. The molecule has 0 bridgehead atoms. The first-order valence-electron chi connectivity index (χ1n) is 8.18. The van der Waals surface area contributed by atoms with E-state index in [1.54, 1.807) is 50.2 Å². The molecule has 0 aliphatic carbocycles. The predicted octanol–water partition coefficient (Wildman–Crippen LogP) is 3.20. The van der Waals surface area contributed by atoms with Crippen LogP contribution in [0.1, 0.15) is 18.1 Å². The van der Waals surface area contributed by atoms with Crippen LogP contribution in [0, 0.1) is 23.0 Å². The van der Waals surface area contributed by atoms with E-state index in [-0.39, 0.29) is 12.1 Å². The Labute approximate surface area is 151 Å². The number of nitro groups is 1. The lowest BCUT2D eigenvalue weighted by Crippen LogP contribution is -2.40. The average molecular weight is 356 g/mol. The van der Waals surface area contributed by atoms with Crippen molar-refractivity contribution in [2.75, 3.05) is 11.4 Å². The van der Waals surface area contributed by atoms with E-state index >= 15 is 0 Å². The molecule has 1 amide bonds. The SMILES string of the molecule is CCN(C(=O)C(Cc1ccc(C)c([N+](=O)[O-])c1)C(=O)O)c1ccccc1. The molecule has 0 spiro atoms. The number of aliphatic carboxylic acids is 1. The number of carboxylic acid groups (broad SMARTS) is 1. The molecule has 1 unspecified atom stereocenters. The highest BCUT2D eigenvalue weighted by atomic mass is 16.6. The summed E-state index contributed by atoms with van der Waals surface area (Å²) >= 11 is 0. The van der Waals surface area contributed by atoms with Gasteiger partial charge in [-0.1, -0.05) is 30.3 Å². The number of nitro benzene ring substituents is 1. The molecule has 0 aromatic heterocycles. The molecule has 2 aromatic carbocycles. The van der Waals surface area contributed by atoms with Crippen molar-refractivity contribution in [1.82, 2.24) is 0 Å². The second-order valence-electron chi connectivity index (χ2n) is 5.89. The van der Waals surface area contributed by atoms with Crippen LogP contribution >= 0.6 is 0 Å². The van der Waals surface area contributed by atoms with E-state index in [2.05, 4.69) is 0 Å². The fourth-order valence-electron chi connectivity index (χ4n) is 2.76. The molecule has 0 fully saturated rings. The van der Waals surface area contributed by atoms with Crippen molar-refractivity contribution in [3.63, 3.8) is 0 Å². The van der Waals surface area contributed by atoms with Crippen LogP contribution in [-0.4, -0.2) is 28.5 Å². The topological polar surface area (TPSA) is 101 Å². The molecule has 0 saturated carbocycles. The molecule has 1 N–H and O–H groups in total. The van der Waals surface area contributed by atoms with Gasteiger partial charge in [-0.05, 0) is 38.0 Å². The lowest BCUT2D eigenvalue weighted by Gasteiger charge is -2.24. The maximum absolute atomic E-state index is 12.8. The van der Waals surface area contributed by atoms with Gasteiger partial charge in [-0.2, -0.15) is 0 Å². The van der Waals surface area contributed by atoms with Gasteiger partial charge in [0, 0.05) is 23.9 Å².